The summed E-state index contributed by atoms with van der Waals surface area (Å²) in [5, 5.41) is 2.09. The average molecular weight is 386 g/mol. The molecule has 0 spiro atoms. The minimum absolute atomic E-state index is 0. The van der Waals surface area contributed by atoms with Gasteiger partial charge in [0.05, 0.1) is 17.1 Å². The molecule has 3 N–H and O–H groups in total. The zero-order chi connectivity index (χ0) is 17.3. The van der Waals surface area contributed by atoms with Gasteiger partial charge in [0.1, 0.15) is 0 Å². The fourth-order valence-corrected chi connectivity index (χ4v) is 2.88. The molecule has 1 aliphatic rings. The third kappa shape index (κ3) is 5.24. The minimum atomic E-state index is -4.56. The van der Waals surface area contributed by atoms with Gasteiger partial charge in [-0.3, -0.25) is 9.69 Å². The van der Waals surface area contributed by atoms with Crippen molar-refractivity contribution >= 4 is 35.6 Å². The number of rotatable bonds is 4. The Kier molecular flexibility index (Phi) is 6.93. The predicted molar refractivity (Wildman–Crippen MR) is 90.6 cm³/mol. The number of nitrogens with two attached hydrogens (primary N) is 1. The van der Waals surface area contributed by atoms with Gasteiger partial charge in [0.25, 0.3) is 0 Å². The zero-order valence-electron chi connectivity index (χ0n) is 13.1. The molecule has 1 heterocycles. The van der Waals surface area contributed by atoms with Crippen molar-refractivity contribution in [1.82, 2.24) is 4.90 Å². The number of halogens is 5. The lowest BCUT2D eigenvalue weighted by atomic mass is 9.90. The van der Waals surface area contributed by atoms with E-state index in [1.54, 1.807) is 0 Å². The van der Waals surface area contributed by atoms with Crippen LogP contribution in [0.15, 0.2) is 18.2 Å². The molecule has 1 unspecified atom stereocenters. The van der Waals surface area contributed by atoms with Crippen LogP contribution in [0.5, 0.6) is 0 Å². The second kappa shape index (κ2) is 7.91. The number of hydrogen-bond acceptors (Lipinski definition) is 3. The summed E-state index contributed by atoms with van der Waals surface area (Å²) < 4.78 is 38.4. The number of benzene rings is 1. The lowest BCUT2D eigenvalue weighted by Crippen LogP contribution is -2.35. The van der Waals surface area contributed by atoms with Crippen LogP contribution in [0.4, 0.5) is 18.9 Å². The summed E-state index contributed by atoms with van der Waals surface area (Å²) in [5.74, 6) is -0.360. The molecule has 1 fully saturated rings. The van der Waals surface area contributed by atoms with Crippen LogP contribution in [0.1, 0.15) is 18.9 Å². The molecule has 0 radical (unpaired) electrons. The van der Waals surface area contributed by atoms with E-state index < -0.39 is 16.8 Å². The van der Waals surface area contributed by atoms with E-state index in [1.165, 1.54) is 6.07 Å². The Morgan fingerprint density at radius 2 is 2.12 bits per heavy atom. The molecule has 4 nitrogen and oxygen atoms in total. The van der Waals surface area contributed by atoms with E-state index in [0.717, 1.165) is 25.1 Å². The maximum Gasteiger partial charge on any atom is 0.417 e. The number of amides is 1. The Labute approximate surface area is 149 Å². The van der Waals surface area contributed by atoms with E-state index in [2.05, 4.69) is 12.2 Å². The molecule has 1 aromatic carbocycles. The molecule has 1 aliphatic heterocycles. The van der Waals surface area contributed by atoms with Crippen molar-refractivity contribution in [2.75, 3.05) is 31.5 Å². The van der Waals surface area contributed by atoms with Gasteiger partial charge in [0.15, 0.2) is 0 Å². The smallest absolute Gasteiger partial charge is 0.330 e. The molecule has 1 saturated heterocycles. The van der Waals surface area contributed by atoms with Gasteiger partial charge in [-0.1, -0.05) is 18.5 Å². The predicted octanol–water partition coefficient (Wildman–Crippen LogP) is 3.39. The Morgan fingerprint density at radius 1 is 1.46 bits per heavy atom. The molecular formula is C15H20Cl2F3N3O. The summed E-state index contributed by atoms with van der Waals surface area (Å²) in [6, 6.07) is 3.32. The minimum Gasteiger partial charge on any atom is -0.330 e. The van der Waals surface area contributed by atoms with Crippen LogP contribution in [0.3, 0.4) is 0 Å². The van der Waals surface area contributed by atoms with E-state index in [0.29, 0.717) is 13.1 Å². The monoisotopic (exact) mass is 385 g/mol. The normalized spacial score (nSPS) is 21.4. The number of hydrogen-bond donors (Lipinski definition) is 2. The van der Waals surface area contributed by atoms with Gasteiger partial charge in [-0.15, -0.1) is 12.4 Å². The summed E-state index contributed by atoms with van der Waals surface area (Å²) in [5.41, 5.74) is 4.81. The Morgan fingerprint density at radius 3 is 2.67 bits per heavy atom. The van der Waals surface area contributed by atoms with Crippen molar-refractivity contribution in [1.29, 1.82) is 0 Å². The van der Waals surface area contributed by atoms with Gasteiger partial charge in [-0.25, -0.2) is 0 Å². The number of nitrogens with one attached hydrogen (secondary N) is 1. The highest BCUT2D eigenvalue weighted by Gasteiger charge is 2.34. The summed E-state index contributed by atoms with van der Waals surface area (Å²) in [7, 11) is 0. The van der Waals surface area contributed by atoms with E-state index in [1.807, 2.05) is 4.90 Å². The lowest BCUT2D eigenvalue weighted by molar-refractivity contribution is -0.137. The molecule has 0 aromatic heterocycles. The summed E-state index contributed by atoms with van der Waals surface area (Å²) >= 11 is 5.55. The number of likely N-dealkylation sites (tertiary alicyclic amines) is 1. The van der Waals surface area contributed by atoms with Crippen LogP contribution >= 0.6 is 24.0 Å². The first-order valence-corrected chi connectivity index (χ1v) is 7.60. The summed E-state index contributed by atoms with van der Waals surface area (Å²) in [6.45, 7) is 4.16. The van der Waals surface area contributed by atoms with Gasteiger partial charge >= 0.3 is 6.18 Å². The molecule has 0 saturated carbocycles. The molecule has 24 heavy (non-hydrogen) atoms. The van der Waals surface area contributed by atoms with Crippen LogP contribution in [0.25, 0.3) is 0 Å². The first-order valence-electron chi connectivity index (χ1n) is 7.22. The number of carbonyl (C=O) groups is 1. The van der Waals surface area contributed by atoms with Gasteiger partial charge in [0.2, 0.25) is 5.91 Å². The van der Waals surface area contributed by atoms with E-state index >= 15 is 0 Å². The second-order valence-electron chi connectivity index (χ2n) is 6.22. The maximum absolute atomic E-state index is 12.8. The molecular weight excluding hydrogens is 366 g/mol. The Balaban J connectivity index is 0.00000288. The highest BCUT2D eigenvalue weighted by molar-refractivity contribution is 6.31. The second-order valence-corrected chi connectivity index (χ2v) is 6.62. The van der Waals surface area contributed by atoms with Crippen LogP contribution in [0.2, 0.25) is 5.02 Å². The van der Waals surface area contributed by atoms with Gasteiger partial charge in [-0.2, -0.15) is 13.2 Å². The Hall–Kier alpha value is -1.02. The van der Waals surface area contributed by atoms with Crippen molar-refractivity contribution in [2.24, 2.45) is 11.1 Å². The van der Waals surface area contributed by atoms with Crippen molar-refractivity contribution < 1.29 is 18.0 Å². The third-order valence-corrected chi connectivity index (χ3v) is 4.38. The van der Waals surface area contributed by atoms with Crippen LogP contribution in [-0.2, 0) is 11.0 Å². The topological polar surface area (TPSA) is 58.4 Å². The zero-order valence-corrected chi connectivity index (χ0v) is 14.7. The SMILES string of the molecule is CC1(CN)CCN(CC(=O)Nc2ccc(Cl)c(C(F)(F)F)c2)C1.Cl. The lowest BCUT2D eigenvalue weighted by Gasteiger charge is -2.22. The summed E-state index contributed by atoms with van der Waals surface area (Å²) in [6.07, 6.45) is -3.66. The first kappa shape index (κ1) is 21.0. The number of carbonyl (C=O) groups excluding carboxylic acids is 1. The fraction of sp³-hybridized carbons (Fsp3) is 0.533. The average Bonchev–Trinajstić information content (AvgIpc) is 2.82. The Bertz CT molecular complexity index is 598. The molecule has 9 heteroatoms. The molecule has 1 atom stereocenters. The standard InChI is InChI=1S/C15H19ClF3N3O.ClH/c1-14(8-20)4-5-22(9-14)7-13(23)21-10-2-3-12(16)11(6-10)15(17,18)19;/h2-3,6H,4-5,7-9,20H2,1H3,(H,21,23);1H. The van der Waals surface area contributed by atoms with E-state index in [9.17, 15) is 18.0 Å². The first-order chi connectivity index (χ1) is 10.6. The van der Waals surface area contributed by atoms with Crippen molar-refractivity contribution in [3.63, 3.8) is 0 Å². The van der Waals surface area contributed by atoms with Crippen LogP contribution in [-0.4, -0.2) is 37.0 Å². The number of alkyl halides is 3. The summed E-state index contributed by atoms with van der Waals surface area (Å²) in [4.78, 5) is 14.0. The fourth-order valence-electron chi connectivity index (χ4n) is 2.65. The molecule has 1 amide bonds. The van der Waals surface area contributed by atoms with Crippen LogP contribution < -0.4 is 11.1 Å². The molecule has 136 valence electrons. The highest BCUT2D eigenvalue weighted by Crippen LogP contribution is 2.36. The third-order valence-electron chi connectivity index (χ3n) is 4.05. The van der Waals surface area contributed by atoms with E-state index in [4.69, 9.17) is 17.3 Å². The molecule has 2 rings (SSSR count). The largest absolute Gasteiger partial charge is 0.417 e. The quantitative estimate of drug-likeness (QED) is 0.834. The van der Waals surface area contributed by atoms with Crippen molar-refractivity contribution in [3.8, 4) is 0 Å². The maximum atomic E-state index is 12.8. The van der Waals surface area contributed by atoms with Crippen molar-refractivity contribution in [3.05, 3.63) is 28.8 Å². The van der Waals surface area contributed by atoms with Crippen molar-refractivity contribution in [2.45, 2.75) is 19.5 Å². The number of anilines is 1. The van der Waals surface area contributed by atoms with Gasteiger partial charge < -0.3 is 11.1 Å². The number of nitrogens with zero attached hydrogens (tertiary/aromatic N) is 1. The highest BCUT2D eigenvalue weighted by atomic mass is 35.5. The molecule has 0 bridgehead atoms. The van der Waals surface area contributed by atoms with E-state index in [-0.39, 0.29) is 36.0 Å². The molecule has 1 aromatic rings. The van der Waals surface area contributed by atoms with Gasteiger partial charge in [-0.05, 0) is 43.1 Å². The van der Waals surface area contributed by atoms with Crippen LogP contribution in [0, 0.1) is 5.41 Å². The molecule has 0 aliphatic carbocycles. The van der Waals surface area contributed by atoms with Gasteiger partial charge in [0, 0.05) is 12.2 Å².